The highest BCUT2D eigenvalue weighted by Crippen LogP contribution is 2.23. The van der Waals surface area contributed by atoms with E-state index >= 15 is 0 Å². The van der Waals surface area contributed by atoms with Crippen LogP contribution < -0.4 is 11.3 Å². The van der Waals surface area contributed by atoms with Gasteiger partial charge in [0, 0.05) is 19.2 Å². The molecule has 1 aliphatic rings. The third-order valence-corrected chi connectivity index (χ3v) is 2.72. The standard InChI is InChI=1S/C11H18N4O/c1-8-9(5-6-16-8)7-15(2)11(14-12)13-10-3-4-10/h5-6,10H,3-4,7,12H2,1-2H3,(H,13,14). The van der Waals surface area contributed by atoms with Crippen LogP contribution in [-0.4, -0.2) is 23.9 Å². The summed E-state index contributed by atoms with van der Waals surface area (Å²) in [6.45, 7) is 2.70. The highest BCUT2D eigenvalue weighted by atomic mass is 16.3. The zero-order valence-corrected chi connectivity index (χ0v) is 9.73. The smallest absolute Gasteiger partial charge is 0.208 e. The monoisotopic (exact) mass is 222 g/mol. The Morgan fingerprint density at radius 3 is 2.94 bits per heavy atom. The average Bonchev–Trinajstić information content (AvgIpc) is 3.00. The molecule has 1 heterocycles. The van der Waals surface area contributed by atoms with Crippen LogP contribution in [0.5, 0.6) is 0 Å². The van der Waals surface area contributed by atoms with E-state index in [2.05, 4.69) is 10.4 Å². The van der Waals surface area contributed by atoms with Crippen LogP contribution in [0, 0.1) is 6.92 Å². The highest BCUT2D eigenvalue weighted by Gasteiger charge is 2.22. The molecule has 0 amide bonds. The van der Waals surface area contributed by atoms with Gasteiger partial charge in [0.2, 0.25) is 5.96 Å². The fraction of sp³-hybridized carbons (Fsp3) is 0.545. The zero-order valence-electron chi connectivity index (χ0n) is 9.73. The van der Waals surface area contributed by atoms with Crippen LogP contribution in [0.2, 0.25) is 0 Å². The van der Waals surface area contributed by atoms with Gasteiger partial charge in [0.15, 0.2) is 0 Å². The van der Waals surface area contributed by atoms with Crippen molar-refractivity contribution in [2.75, 3.05) is 7.05 Å². The maximum absolute atomic E-state index is 5.47. The Labute approximate surface area is 95.3 Å². The summed E-state index contributed by atoms with van der Waals surface area (Å²) in [7, 11) is 1.97. The van der Waals surface area contributed by atoms with Gasteiger partial charge in [-0.2, -0.15) is 0 Å². The molecule has 0 atom stereocenters. The summed E-state index contributed by atoms with van der Waals surface area (Å²) in [5, 5.41) is 0. The normalized spacial score (nSPS) is 16.3. The van der Waals surface area contributed by atoms with Crippen molar-refractivity contribution in [1.82, 2.24) is 10.3 Å². The van der Waals surface area contributed by atoms with Crippen molar-refractivity contribution >= 4 is 5.96 Å². The Kier molecular flexibility index (Phi) is 3.14. The average molecular weight is 222 g/mol. The minimum atomic E-state index is 0.457. The summed E-state index contributed by atoms with van der Waals surface area (Å²) in [6, 6.07) is 2.43. The van der Waals surface area contributed by atoms with Gasteiger partial charge in [-0.05, 0) is 25.8 Å². The second-order valence-corrected chi connectivity index (χ2v) is 4.19. The lowest BCUT2D eigenvalue weighted by molar-refractivity contribution is 0.463. The van der Waals surface area contributed by atoms with Crippen molar-refractivity contribution in [3.63, 3.8) is 0 Å². The van der Waals surface area contributed by atoms with E-state index in [0.717, 1.165) is 23.8 Å². The first-order valence-corrected chi connectivity index (χ1v) is 5.49. The van der Waals surface area contributed by atoms with E-state index in [0.29, 0.717) is 6.04 Å². The summed E-state index contributed by atoms with van der Waals surface area (Å²) in [6.07, 6.45) is 4.04. The molecule has 1 aromatic rings. The Morgan fingerprint density at radius 2 is 2.44 bits per heavy atom. The van der Waals surface area contributed by atoms with Gasteiger partial charge < -0.3 is 9.32 Å². The van der Waals surface area contributed by atoms with E-state index < -0.39 is 0 Å². The van der Waals surface area contributed by atoms with Crippen LogP contribution >= 0.6 is 0 Å². The molecule has 0 bridgehead atoms. The van der Waals surface area contributed by atoms with Crippen LogP contribution in [-0.2, 0) is 6.54 Å². The van der Waals surface area contributed by atoms with Gasteiger partial charge in [-0.3, -0.25) is 5.43 Å². The largest absolute Gasteiger partial charge is 0.469 e. The van der Waals surface area contributed by atoms with Crippen molar-refractivity contribution in [2.24, 2.45) is 10.8 Å². The molecule has 1 aromatic heterocycles. The van der Waals surface area contributed by atoms with Gasteiger partial charge >= 0.3 is 0 Å². The van der Waals surface area contributed by atoms with E-state index in [-0.39, 0.29) is 0 Å². The first-order chi connectivity index (χ1) is 7.70. The number of guanidine groups is 1. The fourth-order valence-electron chi connectivity index (χ4n) is 1.53. The summed E-state index contributed by atoms with van der Waals surface area (Å²) in [5.74, 6) is 7.15. The van der Waals surface area contributed by atoms with Gasteiger partial charge in [-0.25, -0.2) is 10.8 Å². The lowest BCUT2D eigenvalue weighted by Crippen LogP contribution is -2.42. The van der Waals surface area contributed by atoms with Gasteiger partial charge in [-0.1, -0.05) is 0 Å². The van der Waals surface area contributed by atoms with Crippen molar-refractivity contribution in [3.05, 3.63) is 23.7 Å². The number of hydrogen-bond acceptors (Lipinski definition) is 3. The summed E-state index contributed by atoms with van der Waals surface area (Å²) >= 11 is 0. The summed E-state index contributed by atoms with van der Waals surface area (Å²) in [4.78, 5) is 6.49. The van der Waals surface area contributed by atoms with E-state index in [4.69, 9.17) is 10.3 Å². The molecule has 0 aliphatic heterocycles. The second kappa shape index (κ2) is 4.57. The molecule has 5 nitrogen and oxygen atoms in total. The molecule has 3 N–H and O–H groups in total. The third kappa shape index (κ3) is 2.55. The topological polar surface area (TPSA) is 66.8 Å². The predicted molar refractivity (Wildman–Crippen MR) is 62.7 cm³/mol. The number of furan rings is 1. The number of nitrogens with two attached hydrogens (primary N) is 1. The van der Waals surface area contributed by atoms with Crippen LogP contribution in [0.1, 0.15) is 24.2 Å². The number of aliphatic imine (C=N–C) groups is 1. The molecule has 0 aromatic carbocycles. The molecule has 16 heavy (non-hydrogen) atoms. The van der Waals surface area contributed by atoms with Crippen molar-refractivity contribution in [2.45, 2.75) is 32.4 Å². The number of nitrogens with zero attached hydrogens (tertiary/aromatic N) is 2. The highest BCUT2D eigenvalue weighted by molar-refractivity contribution is 5.79. The first kappa shape index (κ1) is 11.0. The van der Waals surface area contributed by atoms with E-state index in [1.807, 2.05) is 24.9 Å². The van der Waals surface area contributed by atoms with Gasteiger partial charge in [-0.15, -0.1) is 0 Å². The first-order valence-electron chi connectivity index (χ1n) is 5.49. The predicted octanol–water partition coefficient (Wildman–Crippen LogP) is 1.00. The minimum absolute atomic E-state index is 0.457. The zero-order chi connectivity index (χ0) is 11.5. The van der Waals surface area contributed by atoms with Crippen molar-refractivity contribution < 1.29 is 4.42 Å². The third-order valence-electron chi connectivity index (χ3n) is 2.72. The van der Waals surface area contributed by atoms with E-state index in [9.17, 15) is 0 Å². The van der Waals surface area contributed by atoms with E-state index in [1.54, 1.807) is 6.26 Å². The quantitative estimate of drug-likeness (QED) is 0.346. The molecule has 0 saturated heterocycles. The Balaban J connectivity index is 2.00. The number of nitrogens with one attached hydrogen (secondary N) is 1. The molecule has 5 heteroatoms. The summed E-state index contributed by atoms with van der Waals surface area (Å²) in [5.41, 5.74) is 3.80. The molecule has 1 saturated carbocycles. The van der Waals surface area contributed by atoms with Crippen LogP contribution in [0.4, 0.5) is 0 Å². The van der Waals surface area contributed by atoms with Crippen LogP contribution in [0.25, 0.3) is 0 Å². The molecule has 2 rings (SSSR count). The number of hydrazine groups is 1. The molecular weight excluding hydrogens is 204 g/mol. The SMILES string of the molecule is Cc1occc1CN(C)C(=NC1CC1)NN. The maximum Gasteiger partial charge on any atom is 0.208 e. The minimum Gasteiger partial charge on any atom is -0.469 e. The molecule has 1 fully saturated rings. The number of hydrogen-bond donors (Lipinski definition) is 2. The van der Waals surface area contributed by atoms with Gasteiger partial charge in [0.05, 0.1) is 12.3 Å². The van der Waals surface area contributed by atoms with Crippen LogP contribution in [0.3, 0.4) is 0 Å². The molecule has 88 valence electrons. The number of rotatable bonds is 3. The van der Waals surface area contributed by atoms with Crippen molar-refractivity contribution in [1.29, 1.82) is 0 Å². The molecule has 0 unspecified atom stereocenters. The van der Waals surface area contributed by atoms with Gasteiger partial charge in [0.1, 0.15) is 5.76 Å². The second-order valence-electron chi connectivity index (χ2n) is 4.19. The number of aryl methyl sites for hydroxylation is 1. The molecular formula is C11H18N4O. The lowest BCUT2D eigenvalue weighted by atomic mass is 10.2. The fourth-order valence-corrected chi connectivity index (χ4v) is 1.53. The van der Waals surface area contributed by atoms with Crippen LogP contribution in [0.15, 0.2) is 21.7 Å². The van der Waals surface area contributed by atoms with Gasteiger partial charge in [0.25, 0.3) is 0 Å². The maximum atomic E-state index is 5.47. The summed E-state index contributed by atoms with van der Waals surface area (Å²) < 4.78 is 5.25. The molecule has 0 radical (unpaired) electrons. The lowest BCUT2D eigenvalue weighted by Gasteiger charge is -2.20. The van der Waals surface area contributed by atoms with E-state index in [1.165, 1.54) is 12.8 Å². The molecule has 0 spiro atoms. The Morgan fingerprint density at radius 1 is 1.69 bits per heavy atom. The van der Waals surface area contributed by atoms with Crippen molar-refractivity contribution in [3.8, 4) is 0 Å². The Bertz CT molecular complexity index is 381. The molecule has 1 aliphatic carbocycles. The Hall–Kier alpha value is -1.49.